The zero-order valence-electron chi connectivity index (χ0n) is 15.6. The number of carbonyl (C=O) groups excluding carboxylic acids is 2. The number of nitrogens with zero attached hydrogens (tertiary/aromatic N) is 2. The van der Waals surface area contributed by atoms with Crippen LogP contribution in [0.3, 0.4) is 0 Å². The van der Waals surface area contributed by atoms with E-state index < -0.39 is 5.91 Å². The van der Waals surface area contributed by atoms with Gasteiger partial charge in [-0.15, -0.1) is 10.2 Å². The van der Waals surface area contributed by atoms with Crippen LogP contribution in [0.4, 0.5) is 10.8 Å². The molecule has 3 aromatic rings. The number of halogens is 1. The molecule has 29 heavy (non-hydrogen) atoms. The number of thioether (sulfide) groups is 1. The molecule has 1 aromatic heterocycles. The Morgan fingerprint density at radius 2 is 1.97 bits per heavy atom. The first-order valence-electron chi connectivity index (χ1n) is 8.43. The maximum atomic E-state index is 12.5. The molecule has 0 saturated carbocycles. The molecule has 150 valence electrons. The van der Waals surface area contributed by atoms with Crippen LogP contribution in [0.15, 0.2) is 46.8 Å². The maximum absolute atomic E-state index is 12.5. The van der Waals surface area contributed by atoms with Crippen LogP contribution in [0.2, 0.25) is 5.02 Å². The third-order valence-electron chi connectivity index (χ3n) is 3.78. The van der Waals surface area contributed by atoms with Crippen molar-refractivity contribution in [1.29, 1.82) is 0 Å². The first kappa shape index (κ1) is 21.1. The summed E-state index contributed by atoms with van der Waals surface area (Å²) in [5, 5.41) is 14.2. The Morgan fingerprint density at radius 3 is 2.72 bits per heavy atom. The van der Waals surface area contributed by atoms with Crippen LogP contribution in [0.1, 0.15) is 15.9 Å². The van der Waals surface area contributed by atoms with E-state index in [4.69, 9.17) is 16.3 Å². The summed E-state index contributed by atoms with van der Waals surface area (Å²) in [5.41, 5.74) is 2.06. The second kappa shape index (κ2) is 9.73. The highest BCUT2D eigenvalue weighted by Gasteiger charge is 2.16. The minimum atomic E-state index is -0.408. The molecule has 1 heterocycles. The predicted molar refractivity (Wildman–Crippen MR) is 116 cm³/mol. The van der Waals surface area contributed by atoms with E-state index >= 15 is 0 Å². The van der Waals surface area contributed by atoms with Crippen molar-refractivity contribution >= 4 is 57.3 Å². The van der Waals surface area contributed by atoms with Crippen LogP contribution in [0.25, 0.3) is 0 Å². The number of benzene rings is 2. The van der Waals surface area contributed by atoms with Gasteiger partial charge in [-0.05, 0) is 36.8 Å². The van der Waals surface area contributed by atoms with Crippen LogP contribution in [0, 0.1) is 6.92 Å². The molecule has 2 amide bonds. The van der Waals surface area contributed by atoms with Gasteiger partial charge in [-0.3, -0.25) is 14.9 Å². The van der Waals surface area contributed by atoms with Crippen molar-refractivity contribution in [2.45, 2.75) is 11.3 Å². The molecule has 0 saturated heterocycles. The van der Waals surface area contributed by atoms with E-state index in [1.807, 2.05) is 31.2 Å². The van der Waals surface area contributed by atoms with Gasteiger partial charge in [-0.2, -0.15) is 0 Å². The maximum Gasteiger partial charge on any atom is 0.261 e. The quantitative estimate of drug-likeness (QED) is 0.408. The molecule has 0 fully saturated rings. The number of methoxy groups -OCH3 is 1. The molecular weight excluding hydrogens is 432 g/mol. The Morgan fingerprint density at radius 1 is 1.17 bits per heavy atom. The minimum Gasteiger partial charge on any atom is -0.496 e. The summed E-state index contributed by atoms with van der Waals surface area (Å²) < 4.78 is 5.75. The smallest absolute Gasteiger partial charge is 0.261 e. The van der Waals surface area contributed by atoms with Gasteiger partial charge in [-0.25, -0.2) is 0 Å². The highest BCUT2D eigenvalue weighted by atomic mass is 35.5. The third kappa shape index (κ3) is 5.69. The Bertz CT molecular complexity index is 1040. The lowest BCUT2D eigenvalue weighted by atomic mass is 10.2. The fourth-order valence-electron chi connectivity index (χ4n) is 2.37. The Hall–Kier alpha value is -2.62. The summed E-state index contributed by atoms with van der Waals surface area (Å²) in [7, 11) is 1.47. The largest absolute Gasteiger partial charge is 0.496 e. The SMILES string of the molecule is COc1ccc(Cl)cc1C(=O)Nc1nnc(SCC(=O)Nc2ccccc2C)s1. The number of hydrogen-bond donors (Lipinski definition) is 2. The van der Waals surface area contributed by atoms with Gasteiger partial charge in [0.1, 0.15) is 5.75 Å². The van der Waals surface area contributed by atoms with Gasteiger partial charge < -0.3 is 10.1 Å². The van der Waals surface area contributed by atoms with E-state index in [1.54, 1.807) is 12.1 Å². The lowest BCUT2D eigenvalue weighted by Crippen LogP contribution is -2.14. The molecule has 2 N–H and O–H groups in total. The van der Waals surface area contributed by atoms with Gasteiger partial charge in [0, 0.05) is 10.7 Å². The van der Waals surface area contributed by atoms with E-state index in [1.165, 1.54) is 36.3 Å². The molecule has 0 spiro atoms. The molecule has 0 aliphatic carbocycles. The van der Waals surface area contributed by atoms with Gasteiger partial charge in [0.2, 0.25) is 11.0 Å². The number of para-hydroxylation sites is 1. The van der Waals surface area contributed by atoms with Gasteiger partial charge in [0.25, 0.3) is 5.91 Å². The van der Waals surface area contributed by atoms with Crippen LogP contribution >= 0.6 is 34.7 Å². The number of nitrogens with one attached hydrogen (secondary N) is 2. The zero-order chi connectivity index (χ0) is 20.8. The summed E-state index contributed by atoms with van der Waals surface area (Å²) in [6, 6.07) is 12.3. The molecule has 0 radical (unpaired) electrons. The second-order valence-electron chi connectivity index (χ2n) is 5.82. The number of amides is 2. The van der Waals surface area contributed by atoms with Crippen LogP contribution in [-0.2, 0) is 4.79 Å². The Balaban J connectivity index is 1.57. The average molecular weight is 449 g/mol. The molecule has 3 rings (SSSR count). The molecule has 7 nitrogen and oxygen atoms in total. The first-order chi connectivity index (χ1) is 14.0. The number of aryl methyl sites for hydroxylation is 1. The van der Waals surface area contributed by atoms with Crippen molar-refractivity contribution in [3.05, 3.63) is 58.6 Å². The predicted octanol–water partition coefficient (Wildman–Crippen LogP) is 4.49. The van der Waals surface area contributed by atoms with E-state index in [2.05, 4.69) is 20.8 Å². The molecule has 2 aromatic carbocycles. The highest BCUT2D eigenvalue weighted by molar-refractivity contribution is 8.01. The number of hydrogen-bond acceptors (Lipinski definition) is 7. The van der Waals surface area contributed by atoms with Crippen LogP contribution < -0.4 is 15.4 Å². The van der Waals surface area contributed by atoms with Gasteiger partial charge in [-0.1, -0.05) is 52.9 Å². The number of anilines is 2. The van der Waals surface area contributed by atoms with Gasteiger partial charge in [0.05, 0.1) is 18.4 Å². The fourth-order valence-corrected chi connectivity index (χ4v) is 4.09. The lowest BCUT2D eigenvalue weighted by molar-refractivity contribution is -0.113. The summed E-state index contributed by atoms with van der Waals surface area (Å²) in [5.74, 6) is 0.0287. The van der Waals surface area contributed by atoms with Crippen molar-refractivity contribution in [3.8, 4) is 5.75 Å². The zero-order valence-corrected chi connectivity index (χ0v) is 18.0. The second-order valence-corrected chi connectivity index (χ2v) is 8.46. The van der Waals surface area contributed by atoms with Crippen LogP contribution in [0.5, 0.6) is 5.75 Å². The third-order valence-corrected chi connectivity index (χ3v) is 5.99. The Kier molecular flexibility index (Phi) is 7.08. The summed E-state index contributed by atoms with van der Waals surface area (Å²) in [6.07, 6.45) is 0. The fraction of sp³-hybridized carbons (Fsp3) is 0.158. The first-order valence-corrected chi connectivity index (χ1v) is 10.6. The molecule has 0 aliphatic heterocycles. The van der Waals surface area contributed by atoms with E-state index in [0.717, 1.165) is 11.3 Å². The molecule has 10 heteroatoms. The topological polar surface area (TPSA) is 93.2 Å². The molecule has 0 aliphatic rings. The summed E-state index contributed by atoms with van der Waals surface area (Å²) >= 11 is 8.38. The van der Waals surface area contributed by atoms with Crippen molar-refractivity contribution in [1.82, 2.24) is 10.2 Å². The van der Waals surface area contributed by atoms with E-state index in [0.29, 0.717) is 25.8 Å². The van der Waals surface area contributed by atoms with Gasteiger partial charge in [0.15, 0.2) is 4.34 Å². The molecule has 0 bridgehead atoms. The number of aromatic nitrogens is 2. The van der Waals surface area contributed by atoms with Crippen molar-refractivity contribution in [3.63, 3.8) is 0 Å². The normalized spacial score (nSPS) is 10.4. The molecule has 0 atom stereocenters. The van der Waals surface area contributed by atoms with E-state index in [9.17, 15) is 9.59 Å². The van der Waals surface area contributed by atoms with Crippen molar-refractivity contribution in [2.75, 3.05) is 23.5 Å². The van der Waals surface area contributed by atoms with E-state index in [-0.39, 0.29) is 11.7 Å². The summed E-state index contributed by atoms with van der Waals surface area (Å²) in [6.45, 7) is 1.93. The average Bonchev–Trinajstić information content (AvgIpc) is 3.15. The number of carbonyl (C=O) groups is 2. The monoisotopic (exact) mass is 448 g/mol. The molecular formula is C19H17ClN4O3S2. The number of rotatable bonds is 7. The minimum absolute atomic E-state index is 0.145. The van der Waals surface area contributed by atoms with Crippen LogP contribution in [-0.4, -0.2) is 34.9 Å². The molecule has 0 unspecified atom stereocenters. The van der Waals surface area contributed by atoms with Crippen molar-refractivity contribution < 1.29 is 14.3 Å². The number of ether oxygens (including phenoxy) is 1. The standard InChI is InChI=1S/C19H17ClN4O3S2/c1-11-5-3-4-6-14(11)21-16(25)10-28-19-24-23-18(29-19)22-17(26)13-9-12(20)7-8-15(13)27-2/h3-9H,10H2,1-2H3,(H,21,25)(H,22,23,26). The van der Waals surface area contributed by atoms with Crippen molar-refractivity contribution in [2.24, 2.45) is 0 Å². The van der Waals surface area contributed by atoms with Gasteiger partial charge >= 0.3 is 0 Å². The Labute approximate surface area is 180 Å². The lowest BCUT2D eigenvalue weighted by Gasteiger charge is -2.07. The summed E-state index contributed by atoms with van der Waals surface area (Å²) in [4.78, 5) is 24.6. The highest BCUT2D eigenvalue weighted by Crippen LogP contribution is 2.28.